The van der Waals surface area contributed by atoms with Crippen molar-refractivity contribution in [2.24, 2.45) is 16.8 Å². The molecule has 2 aromatic carbocycles. The summed E-state index contributed by atoms with van der Waals surface area (Å²) in [5, 5.41) is 3.51. The van der Waals surface area contributed by atoms with E-state index in [1.165, 1.54) is 11.1 Å². The lowest BCUT2D eigenvalue weighted by atomic mass is 9.82. The molecule has 1 amide bonds. The maximum Gasteiger partial charge on any atom is 0.220 e. The molecule has 3 aromatic rings. The smallest absolute Gasteiger partial charge is 0.220 e. The van der Waals surface area contributed by atoms with Crippen LogP contribution in [0.25, 0.3) is 0 Å². The maximum atomic E-state index is 11.9. The van der Waals surface area contributed by atoms with Gasteiger partial charge in [0.05, 0.1) is 0 Å². The highest BCUT2D eigenvalue weighted by Crippen LogP contribution is 2.38. The molecule has 2 heterocycles. The van der Waals surface area contributed by atoms with Gasteiger partial charge in [0.1, 0.15) is 6.04 Å². The van der Waals surface area contributed by atoms with Crippen LogP contribution in [0.15, 0.2) is 72.0 Å². The molecule has 1 fully saturated rings. The Balaban J connectivity index is 1.60. The Bertz CT molecular complexity index is 1140. The molecular formula is C28H32N4O2. The van der Waals surface area contributed by atoms with Crippen LogP contribution in [0, 0.1) is 24.7 Å². The Morgan fingerprint density at radius 2 is 1.76 bits per heavy atom. The summed E-state index contributed by atoms with van der Waals surface area (Å²) >= 11 is 0. The van der Waals surface area contributed by atoms with E-state index in [2.05, 4.69) is 58.4 Å². The molecule has 6 heteroatoms. The zero-order valence-corrected chi connectivity index (χ0v) is 19.9. The van der Waals surface area contributed by atoms with Crippen LogP contribution in [0.2, 0.25) is 0 Å². The standard InChI is InChI=1S/C28H32N4O2/c1-19-5-3-4-6-25(19)26(18-27(31-34)23-11-14-30-20(2)17-23)21-7-9-24(10-8-21)32-15-12-22(13-16-32)28(29)33/h3-11,14,17,22,26-27H,12-13,15-16,18H2,1-2H3,(H2,29,33)/t26-,27?/m1/s1. The zero-order chi connectivity index (χ0) is 24.1. The first kappa shape index (κ1) is 23.6. The van der Waals surface area contributed by atoms with Crippen molar-refractivity contribution >= 4 is 11.6 Å². The summed E-state index contributed by atoms with van der Waals surface area (Å²) < 4.78 is 0. The normalized spacial score (nSPS) is 16.1. The van der Waals surface area contributed by atoms with E-state index in [1.54, 1.807) is 6.20 Å². The van der Waals surface area contributed by atoms with Crippen LogP contribution in [0.4, 0.5) is 5.69 Å². The van der Waals surface area contributed by atoms with Crippen LogP contribution in [0.5, 0.6) is 0 Å². The second-order valence-corrected chi connectivity index (χ2v) is 9.25. The fourth-order valence-electron chi connectivity index (χ4n) is 5.00. The van der Waals surface area contributed by atoms with Crippen molar-refractivity contribution in [1.29, 1.82) is 0 Å². The summed E-state index contributed by atoms with van der Waals surface area (Å²) in [7, 11) is 0. The number of hydrogen-bond donors (Lipinski definition) is 1. The average Bonchev–Trinajstić information content (AvgIpc) is 2.86. The molecule has 1 unspecified atom stereocenters. The molecule has 1 aliphatic heterocycles. The minimum absolute atomic E-state index is 0.0226. The third kappa shape index (κ3) is 5.33. The molecular weight excluding hydrogens is 424 g/mol. The number of aromatic nitrogens is 1. The van der Waals surface area contributed by atoms with E-state index in [1.807, 2.05) is 31.2 Å². The zero-order valence-electron chi connectivity index (χ0n) is 19.9. The van der Waals surface area contributed by atoms with E-state index >= 15 is 0 Å². The molecule has 2 atom stereocenters. The molecule has 4 rings (SSSR count). The van der Waals surface area contributed by atoms with Crippen molar-refractivity contribution in [3.05, 3.63) is 99.7 Å². The highest BCUT2D eigenvalue weighted by Gasteiger charge is 2.25. The number of nitrogens with zero attached hydrogens (tertiary/aromatic N) is 3. The van der Waals surface area contributed by atoms with Crippen molar-refractivity contribution in [3.63, 3.8) is 0 Å². The quantitative estimate of drug-likeness (QED) is 0.458. The number of benzene rings is 2. The van der Waals surface area contributed by atoms with Crippen molar-refractivity contribution in [1.82, 2.24) is 4.98 Å². The van der Waals surface area contributed by atoms with Gasteiger partial charge in [0.25, 0.3) is 0 Å². The molecule has 1 aliphatic rings. The van der Waals surface area contributed by atoms with Gasteiger partial charge in [0.2, 0.25) is 5.91 Å². The fourth-order valence-corrected chi connectivity index (χ4v) is 5.00. The number of amides is 1. The number of aryl methyl sites for hydroxylation is 2. The van der Waals surface area contributed by atoms with Crippen LogP contribution in [-0.4, -0.2) is 24.0 Å². The summed E-state index contributed by atoms with van der Waals surface area (Å²) in [6.45, 7) is 5.69. The van der Waals surface area contributed by atoms with Crippen molar-refractivity contribution in [2.45, 2.75) is 45.1 Å². The monoisotopic (exact) mass is 456 g/mol. The lowest BCUT2D eigenvalue weighted by molar-refractivity contribution is -0.122. The number of carbonyl (C=O) groups excluding carboxylic acids is 1. The first-order chi connectivity index (χ1) is 16.5. The van der Waals surface area contributed by atoms with Crippen LogP contribution < -0.4 is 10.6 Å². The Labute approximate surface area is 201 Å². The number of nitroso groups, excluding NO2 is 1. The van der Waals surface area contributed by atoms with Crippen LogP contribution in [0.1, 0.15) is 59.2 Å². The Morgan fingerprint density at radius 3 is 2.38 bits per heavy atom. The molecule has 0 bridgehead atoms. The second-order valence-electron chi connectivity index (χ2n) is 9.25. The van der Waals surface area contributed by atoms with Crippen LogP contribution >= 0.6 is 0 Å². The predicted octanol–water partition coefficient (Wildman–Crippen LogP) is 5.43. The third-order valence-corrected chi connectivity index (χ3v) is 7.01. The Hall–Kier alpha value is -3.54. The lowest BCUT2D eigenvalue weighted by Crippen LogP contribution is -2.38. The fraction of sp³-hybridized carbons (Fsp3) is 0.357. The van der Waals surface area contributed by atoms with Crippen LogP contribution in [0.3, 0.4) is 0 Å². The Morgan fingerprint density at radius 1 is 1.06 bits per heavy atom. The van der Waals surface area contributed by atoms with Gasteiger partial charge in [0.15, 0.2) is 0 Å². The van der Waals surface area contributed by atoms with E-state index in [4.69, 9.17) is 5.73 Å². The highest BCUT2D eigenvalue weighted by atomic mass is 16.3. The molecule has 176 valence electrons. The van der Waals surface area contributed by atoms with E-state index < -0.39 is 6.04 Å². The lowest BCUT2D eigenvalue weighted by Gasteiger charge is -2.32. The number of carbonyl (C=O) groups is 1. The van der Waals surface area contributed by atoms with Gasteiger partial charge in [-0.05, 0) is 79.6 Å². The highest BCUT2D eigenvalue weighted by molar-refractivity contribution is 5.77. The number of pyridine rings is 1. The summed E-state index contributed by atoms with van der Waals surface area (Å²) in [5.41, 5.74) is 12.0. The van der Waals surface area contributed by atoms with Gasteiger partial charge in [0, 0.05) is 42.5 Å². The third-order valence-electron chi connectivity index (χ3n) is 7.01. The molecule has 6 nitrogen and oxygen atoms in total. The minimum Gasteiger partial charge on any atom is -0.371 e. The van der Waals surface area contributed by atoms with Crippen molar-refractivity contribution < 1.29 is 4.79 Å². The van der Waals surface area contributed by atoms with Gasteiger partial charge in [-0.1, -0.05) is 41.6 Å². The summed E-state index contributed by atoms with van der Waals surface area (Å²) in [5.74, 6) is -0.184. The number of nitrogens with two attached hydrogens (primary N) is 1. The molecule has 0 saturated carbocycles. The van der Waals surface area contributed by atoms with E-state index in [0.29, 0.717) is 6.42 Å². The molecule has 1 saturated heterocycles. The van der Waals surface area contributed by atoms with Gasteiger partial charge < -0.3 is 10.6 Å². The van der Waals surface area contributed by atoms with E-state index in [9.17, 15) is 9.70 Å². The second kappa shape index (κ2) is 10.6. The molecule has 34 heavy (non-hydrogen) atoms. The topological polar surface area (TPSA) is 88.6 Å². The molecule has 0 spiro atoms. The largest absolute Gasteiger partial charge is 0.371 e. The molecule has 1 aromatic heterocycles. The van der Waals surface area contributed by atoms with Gasteiger partial charge in [-0.3, -0.25) is 9.78 Å². The first-order valence-electron chi connectivity index (χ1n) is 11.9. The van der Waals surface area contributed by atoms with Crippen molar-refractivity contribution in [2.75, 3.05) is 18.0 Å². The number of piperidine rings is 1. The summed E-state index contributed by atoms with van der Waals surface area (Å²) in [4.78, 5) is 30.0. The molecule has 2 N–H and O–H groups in total. The van der Waals surface area contributed by atoms with E-state index in [0.717, 1.165) is 48.4 Å². The molecule has 0 radical (unpaired) electrons. The van der Waals surface area contributed by atoms with E-state index in [-0.39, 0.29) is 17.7 Å². The number of hydrogen-bond acceptors (Lipinski definition) is 5. The number of primary amides is 1. The number of anilines is 1. The van der Waals surface area contributed by atoms with Gasteiger partial charge in [-0.25, -0.2) is 0 Å². The molecule has 0 aliphatic carbocycles. The average molecular weight is 457 g/mol. The summed E-state index contributed by atoms with van der Waals surface area (Å²) in [6.07, 6.45) is 3.91. The Kier molecular flexibility index (Phi) is 7.36. The number of rotatable bonds is 8. The minimum atomic E-state index is -0.459. The van der Waals surface area contributed by atoms with Crippen LogP contribution in [-0.2, 0) is 4.79 Å². The predicted molar refractivity (Wildman–Crippen MR) is 136 cm³/mol. The van der Waals surface area contributed by atoms with Crippen molar-refractivity contribution in [3.8, 4) is 0 Å². The summed E-state index contributed by atoms with van der Waals surface area (Å²) in [6, 6.07) is 20.3. The van der Waals surface area contributed by atoms with Gasteiger partial charge >= 0.3 is 0 Å². The van der Waals surface area contributed by atoms with Gasteiger partial charge in [-0.2, -0.15) is 4.91 Å². The van der Waals surface area contributed by atoms with Gasteiger partial charge in [-0.15, -0.1) is 0 Å². The maximum absolute atomic E-state index is 11.9. The first-order valence-corrected chi connectivity index (χ1v) is 11.9. The SMILES string of the molecule is Cc1cc(C(C[C@H](c2ccc(N3CCC(C(N)=O)CC3)cc2)c2ccccc2C)N=O)ccn1.